The summed E-state index contributed by atoms with van der Waals surface area (Å²) in [5.41, 5.74) is 12.6. The lowest BCUT2D eigenvalue weighted by Crippen LogP contribution is -2.01. The highest BCUT2D eigenvalue weighted by Gasteiger charge is 2.13. The van der Waals surface area contributed by atoms with E-state index in [0.29, 0.717) is 28.2 Å². The van der Waals surface area contributed by atoms with Crippen molar-refractivity contribution in [3.8, 4) is 11.4 Å². The second-order valence-corrected chi connectivity index (χ2v) is 6.99. The standard InChI is InChI=1S/C12H7F2N3.C7H4F2O2.C5H7N3/c13-8-3-1-2-7(11(8)14)12-16-9-4-5-15-6-10(9)17-12;8-5-3-1-2-4(6(5)9)7(10)11;6-4-1-2-8-3-5(4)7/h1-6H,(H,16,17);1-3H,(H,10,11);1-3H,7H2,(H2,6,8). The average Bonchev–Trinajstić information content (AvgIpc) is 3.29. The molecule has 0 aliphatic rings. The lowest BCUT2D eigenvalue weighted by Gasteiger charge is -1.99. The van der Waals surface area contributed by atoms with Crippen LogP contribution in [0.15, 0.2) is 73.3 Å². The fraction of sp³-hybridized carbons (Fsp3) is 0. The Labute approximate surface area is 201 Å². The number of carboxylic acid groups (broad SMARTS) is 1. The van der Waals surface area contributed by atoms with Crippen LogP contribution in [0.5, 0.6) is 0 Å². The molecule has 6 N–H and O–H groups in total. The van der Waals surface area contributed by atoms with Crippen molar-refractivity contribution >= 4 is 28.4 Å². The second-order valence-electron chi connectivity index (χ2n) is 6.99. The maximum Gasteiger partial charge on any atom is 0.338 e. The van der Waals surface area contributed by atoms with Crippen LogP contribution in [0.1, 0.15) is 10.4 Å². The molecule has 0 saturated heterocycles. The Morgan fingerprint density at radius 1 is 0.806 bits per heavy atom. The van der Waals surface area contributed by atoms with Gasteiger partial charge in [-0.15, -0.1) is 0 Å². The highest BCUT2D eigenvalue weighted by atomic mass is 19.2. The number of pyridine rings is 2. The maximum absolute atomic E-state index is 13.6. The van der Waals surface area contributed by atoms with Gasteiger partial charge in [-0.3, -0.25) is 9.97 Å². The minimum Gasteiger partial charge on any atom is -0.478 e. The van der Waals surface area contributed by atoms with Gasteiger partial charge < -0.3 is 21.6 Å². The number of nitrogens with one attached hydrogen (secondary N) is 1. The molecule has 0 spiro atoms. The van der Waals surface area contributed by atoms with Crippen molar-refractivity contribution in [2.24, 2.45) is 0 Å². The molecular weight excluding hydrogens is 480 g/mol. The second kappa shape index (κ2) is 11.4. The highest BCUT2D eigenvalue weighted by Crippen LogP contribution is 2.23. The van der Waals surface area contributed by atoms with Crippen molar-refractivity contribution < 1.29 is 27.5 Å². The van der Waals surface area contributed by atoms with E-state index in [1.165, 1.54) is 18.3 Å². The molecule has 8 nitrogen and oxygen atoms in total. The maximum atomic E-state index is 13.6. The summed E-state index contributed by atoms with van der Waals surface area (Å²) < 4.78 is 51.5. The number of carbonyl (C=O) groups is 1. The Morgan fingerprint density at radius 2 is 1.44 bits per heavy atom. The van der Waals surface area contributed by atoms with Crippen molar-refractivity contribution in [1.82, 2.24) is 19.9 Å². The number of H-pyrrole nitrogens is 1. The van der Waals surface area contributed by atoms with Gasteiger partial charge in [0.15, 0.2) is 23.3 Å². The van der Waals surface area contributed by atoms with Crippen molar-refractivity contribution in [2.45, 2.75) is 0 Å². The van der Waals surface area contributed by atoms with E-state index in [2.05, 4.69) is 19.9 Å². The number of nitrogens with two attached hydrogens (primary N) is 2. The smallest absolute Gasteiger partial charge is 0.338 e. The quantitative estimate of drug-likeness (QED) is 0.256. The summed E-state index contributed by atoms with van der Waals surface area (Å²) in [5.74, 6) is -5.43. The van der Waals surface area contributed by atoms with Crippen LogP contribution in [0.3, 0.4) is 0 Å². The molecule has 0 atom stereocenters. The largest absolute Gasteiger partial charge is 0.478 e. The van der Waals surface area contributed by atoms with Gasteiger partial charge in [0, 0.05) is 12.4 Å². The number of fused-ring (bicyclic) bond motifs is 1. The third kappa shape index (κ3) is 6.11. The number of rotatable bonds is 2. The highest BCUT2D eigenvalue weighted by molar-refractivity contribution is 5.87. The predicted molar refractivity (Wildman–Crippen MR) is 126 cm³/mol. The van der Waals surface area contributed by atoms with E-state index in [1.807, 2.05) is 0 Å². The molecule has 5 rings (SSSR count). The van der Waals surface area contributed by atoms with Gasteiger partial charge >= 0.3 is 5.97 Å². The normalized spacial score (nSPS) is 10.1. The number of halogens is 4. The molecule has 0 fully saturated rings. The van der Waals surface area contributed by atoms with Gasteiger partial charge in [0.2, 0.25) is 0 Å². The first-order chi connectivity index (χ1) is 17.2. The minimum absolute atomic E-state index is 0.112. The molecule has 0 unspecified atom stereocenters. The number of benzene rings is 2. The summed E-state index contributed by atoms with van der Waals surface area (Å²) in [6, 6.07) is 10.4. The summed E-state index contributed by atoms with van der Waals surface area (Å²) in [6.07, 6.45) is 6.30. The van der Waals surface area contributed by atoms with Gasteiger partial charge in [0.1, 0.15) is 5.82 Å². The Hall–Kier alpha value is -5.00. The average molecular weight is 498 g/mol. The summed E-state index contributed by atoms with van der Waals surface area (Å²) in [5, 5.41) is 8.28. The van der Waals surface area contributed by atoms with Crippen LogP contribution in [0.4, 0.5) is 28.9 Å². The summed E-state index contributed by atoms with van der Waals surface area (Å²) in [4.78, 5) is 24.9. The number of aromatic amines is 1. The lowest BCUT2D eigenvalue weighted by atomic mass is 10.2. The molecule has 184 valence electrons. The van der Waals surface area contributed by atoms with E-state index in [1.54, 1.807) is 30.7 Å². The molecule has 5 aromatic rings. The Kier molecular flexibility index (Phi) is 8.13. The zero-order valence-electron chi connectivity index (χ0n) is 18.3. The van der Waals surface area contributed by atoms with Crippen molar-refractivity contribution in [3.05, 3.63) is 102 Å². The summed E-state index contributed by atoms with van der Waals surface area (Å²) in [6.45, 7) is 0. The van der Waals surface area contributed by atoms with Crippen LogP contribution in [0.25, 0.3) is 22.4 Å². The van der Waals surface area contributed by atoms with Crippen molar-refractivity contribution in [3.63, 3.8) is 0 Å². The van der Waals surface area contributed by atoms with Crippen LogP contribution >= 0.6 is 0 Å². The van der Waals surface area contributed by atoms with Gasteiger partial charge in [0.05, 0.1) is 45.9 Å². The number of nitrogen functional groups attached to an aromatic ring is 2. The first kappa shape index (κ1) is 25.6. The van der Waals surface area contributed by atoms with E-state index in [0.717, 1.165) is 24.3 Å². The van der Waals surface area contributed by atoms with E-state index >= 15 is 0 Å². The number of aromatic carboxylic acids is 1. The number of nitrogens with zero attached hydrogens (tertiary/aromatic N) is 3. The zero-order valence-corrected chi connectivity index (χ0v) is 18.3. The Balaban J connectivity index is 0.000000164. The monoisotopic (exact) mass is 498 g/mol. The van der Waals surface area contributed by atoms with E-state index < -0.39 is 34.8 Å². The van der Waals surface area contributed by atoms with Crippen LogP contribution in [0, 0.1) is 23.3 Å². The molecule has 3 aromatic heterocycles. The molecule has 3 heterocycles. The molecular formula is C24H18F4N6O2. The molecule has 0 amide bonds. The SMILES string of the molecule is Fc1cccc(-c2nc3ccncc3[nH]2)c1F.Nc1ccncc1N.O=C(O)c1cccc(F)c1F. The number of aromatic nitrogens is 4. The van der Waals surface area contributed by atoms with Gasteiger partial charge in [-0.2, -0.15) is 0 Å². The fourth-order valence-electron chi connectivity index (χ4n) is 2.76. The Bertz CT molecular complexity index is 1460. The molecule has 0 saturated carbocycles. The number of carboxylic acids is 1. The van der Waals surface area contributed by atoms with Crippen LogP contribution in [0.2, 0.25) is 0 Å². The molecule has 0 aliphatic heterocycles. The molecule has 0 radical (unpaired) electrons. The first-order valence-corrected chi connectivity index (χ1v) is 10.1. The summed E-state index contributed by atoms with van der Waals surface area (Å²) in [7, 11) is 0. The fourth-order valence-corrected chi connectivity index (χ4v) is 2.76. The van der Waals surface area contributed by atoms with E-state index in [-0.39, 0.29) is 5.56 Å². The topological polar surface area (TPSA) is 144 Å². The van der Waals surface area contributed by atoms with Crippen molar-refractivity contribution in [2.75, 3.05) is 11.5 Å². The van der Waals surface area contributed by atoms with Gasteiger partial charge in [-0.25, -0.2) is 27.3 Å². The van der Waals surface area contributed by atoms with Gasteiger partial charge in [0.25, 0.3) is 0 Å². The first-order valence-electron chi connectivity index (χ1n) is 10.1. The van der Waals surface area contributed by atoms with E-state index in [4.69, 9.17) is 16.6 Å². The number of imidazole rings is 1. The molecule has 0 aliphatic carbocycles. The van der Waals surface area contributed by atoms with Gasteiger partial charge in [-0.05, 0) is 36.4 Å². The zero-order chi connectivity index (χ0) is 26.2. The molecule has 2 aromatic carbocycles. The molecule has 12 heteroatoms. The number of hydrogen-bond donors (Lipinski definition) is 4. The molecule has 36 heavy (non-hydrogen) atoms. The lowest BCUT2D eigenvalue weighted by molar-refractivity contribution is 0.0690. The third-order valence-electron chi connectivity index (χ3n) is 4.56. The third-order valence-corrected chi connectivity index (χ3v) is 4.56. The Morgan fingerprint density at radius 3 is 2.03 bits per heavy atom. The van der Waals surface area contributed by atoms with Crippen LogP contribution in [-0.2, 0) is 0 Å². The predicted octanol–water partition coefficient (Wildman–Crippen LogP) is 4.81. The molecule has 0 bridgehead atoms. The van der Waals surface area contributed by atoms with Crippen LogP contribution < -0.4 is 11.5 Å². The minimum atomic E-state index is -1.47. The van der Waals surface area contributed by atoms with Crippen molar-refractivity contribution in [1.29, 1.82) is 0 Å². The van der Waals surface area contributed by atoms with E-state index in [9.17, 15) is 22.4 Å². The number of anilines is 2. The van der Waals surface area contributed by atoms with Gasteiger partial charge in [-0.1, -0.05) is 12.1 Å². The summed E-state index contributed by atoms with van der Waals surface area (Å²) >= 11 is 0. The van der Waals surface area contributed by atoms with Crippen LogP contribution in [-0.4, -0.2) is 31.0 Å². The number of hydrogen-bond acceptors (Lipinski definition) is 6.